The Hall–Kier alpha value is -3.06. The third kappa shape index (κ3) is 5.22. The fraction of sp³-hybridized carbons (Fsp3) is 0.222. The van der Waals surface area contributed by atoms with Gasteiger partial charge in [-0.05, 0) is 44.4 Å². The van der Waals surface area contributed by atoms with Crippen LogP contribution in [0.2, 0.25) is 0 Å². The molecule has 0 unspecified atom stereocenters. The molecule has 2 aromatic carbocycles. The van der Waals surface area contributed by atoms with Crippen molar-refractivity contribution in [2.24, 2.45) is 5.73 Å². The Bertz CT molecular complexity index is 775. The number of carboxylic acids is 1. The number of likely N-dealkylation sites (N-methyl/N-ethyl adjacent to an activating group) is 1. The third-order valence-electron chi connectivity index (χ3n) is 3.45. The first-order chi connectivity index (χ1) is 11.9. The van der Waals surface area contributed by atoms with Gasteiger partial charge in [-0.3, -0.25) is 4.79 Å². The van der Waals surface area contributed by atoms with E-state index in [-0.39, 0.29) is 11.1 Å². The summed E-state index contributed by atoms with van der Waals surface area (Å²) in [6.07, 6.45) is 0. The Morgan fingerprint density at radius 2 is 1.96 bits per heavy atom. The molecular weight excluding hydrogens is 322 g/mol. The molecule has 0 heterocycles. The molecule has 7 heteroatoms. The van der Waals surface area contributed by atoms with Crippen molar-refractivity contribution in [2.45, 2.75) is 0 Å². The van der Waals surface area contributed by atoms with Gasteiger partial charge < -0.3 is 25.8 Å². The quantitative estimate of drug-likeness (QED) is 0.678. The van der Waals surface area contributed by atoms with Gasteiger partial charge in [-0.2, -0.15) is 0 Å². The number of aromatic carboxylic acids is 1. The summed E-state index contributed by atoms with van der Waals surface area (Å²) in [5.74, 6) is -1.06. The maximum atomic E-state index is 11.6. The van der Waals surface area contributed by atoms with Gasteiger partial charge in [-0.1, -0.05) is 6.07 Å². The Morgan fingerprint density at radius 1 is 1.20 bits per heavy atom. The van der Waals surface area contributed by atoms with E-state index in [0.717, 1.165) is 6.54 Å². The second kappa shape index (κ2) is 8.16. The van der Waals surface area contributed by atoms with Crippen LogP contribution in [0, 0.1) is 0 Å². The minimum absolute atomic E-state index is 0.0610. The second-order valence-electron chi connectivity index (χ2n) is 5.73. The summed E-state index contributed by atoms with van der Waals surface area (Å²) < 4.78 is 5.67. The number of anilines is 2. The summed E-state index contributed by atoms with van der Waals surface area (Å²) in [5, 5.41) is 12.2. The first-order valence-corrected chi connectivity index (χ1v) is 7.68. The van der Waals surface area contributed by atoms with Gasteiger partial charge >= 0.3 is 5.97 Å². The number of nitrogens with one attached hydrogen (secondary N) is 1. The highest BCUT2D eigenvalue weighted by Crippen LogP contribution is 2.25. The van der Waals surface area contributed by atoms with E-state index in [0.29, 0.717) is 23.7 Å². The topological polar surface area (TPSA) is 105 Å². The summed E-state index contributed by atoms with van der Waals surface area (Å²) in [7, 11) is 3.92. The summed E-state index contributed by atoms with van der Waals surface area (Å²) >= 11 is 0. The van der Waals surface area contributed by atoms with E-state index in [1.54, 1.807) is 18.2 Å². The van der Waals surface area contributed by atoms with Crippen molar-refractivity contribution in [3.63, 3.8) is 0 Å². The van der Waals surface area contributed by atoms with Crippen LogP contribution in [0.25, 0.3) is 0 Å². The lowest BCUT2D eigenvalue weighted by molar-refractivity contribution is 0.0696. The van der Waals surface area contributed by atoms with Gasteiger partial charge in [-0.15, -0.1) is 0 Å². The molecule has 2 aromatic rings. The van der Waals surface area contributed by atoms with Crippen LogP contribution >= 0.6 is 0 Å². The van der Waals surface area contributed by atoms with Gasteiger partial charge in [0.2, 0.25) is 0 Å². The normalized spacial score (nSPS) is 10.5. The number of rotatable bonds is 8. The average Bonchev–Trinajstić information content (AvgIpc) is 2.54. The molecule has 0 atom stereocenters. The molecule has 0 aliphatic heterocycles. The average molecular weight is 343 g/mol. The second-order valence-corrected chi connectivity index (χ2v) is 5.73. The van der Waals surface area contributed by atoms with E-state index < -0.39 is 11.9 Å². The number of carbonyl (C=O) groups is 2. The molecule has 0 aliphatic rings. The van der Waals surface area contributed by atoms with Gasteiger partial charge in [0.25, 0.3) is 5.91 Å². The van der Waals surface area contributed by atoms with Crippen molar-refractivity contribution in [1.29, 1.82) is 0 Å². The molecule has 0 fully saturated rings. The van der Waals surface area contributed by atoms with Crippen molar-refractivity contribution >= 4 is 23.3 Å². The minimum atomic E-state index is -1.08. The van der Waals surface area contributed by atoms with Crippen molar-refractivity contribution in [3.05, 3.63) is 53.6 Å². The number of amides is 1. The number of ether oxygens (including phenoxy) is 1. The number of hydrogen-bond donors (Lipinski definition) is 3. The Morgan fingerprint density at radius 3 is 2.60 bits per heavy atom. The van der Waals surface area contributed by atoms with Gasteiger partial charge in [0, 0.05) is 18.3 Å². The van der Waals surface area contributed by atoms with Crippen molar-refractivity contribution in [3.8, 4) is 5.75 Å². The predicted molar refractivity (Wildman–Crippen MR) is 95.7 cm³/mol. The first-order valence-electron chi connectivity index (χ1n) is 7.68. The zero-order valence-electron chi connectivity index (χ0n) is 14.2. The minimum Gasteiger partial charge on any atom is -0.492 e. The maximum Gasteiger partial charge on any atom is 0.335 e. The lowest BCUT2D eigenvalue weighted by Crippen LogP contribution is -2.19. The molecule has 0 bridgehead atoms. The van der Waals surface area contributed by atoms with Crippen LogP contribution in [0.5, 0.6) is 5.75 Å². The van der Waals surface area contributed by atoms with Crippen LogP contribution in [-0.4, -0.2) is 49.1 Å². The Kier molecular flexibility index (Phi) is 5.97. The van der Waals surface area contributed by atoms with E-state index in [1.807, 2.05) is 25.1 Å². The highest BCUT2D eigenvalue weighted by molar-refractivity contribution is 6.01. The molecule has 1 amide bonds. The number of carboxylic acid groups (broad SMARTS) is 1. The summed E-state index contributed by atoms with van der Waals surface area (Å²) in [4.78, 5) is 24.7. The molecule has 0 aromatic heterocycles. The third-order valence-corrected chi connectivity index (χ3v) is 3.45. The number of nitrogens with two attached hydrogens (primary N) is 1. The van der Waals surface area contributed by atoms with Crippen LogP contribution in [0.15, 0.2) is 42.5 Å². The molecule has 0 saturated heterocycles. The van der Waals surface area contributed by atoms with Gasteiger partial charge in [-0.25, -0.2) is 4.79 Å². The molecule has 0 spiro atoms. The summed E-state index contributed by atoms with van der Waals surface area (Å²) in [5.41, 5.74) is 6.63. The molecule has 132 valence electrons. The highest BCUT2D eigenvalue weighted by Gasteiger charge is 2.12. The molecule has 4 N–H and O–H groups in total. The number of nitrogens with zero attached hydrogens (tertiary/aromatic N) is 1. The van der Waals surface area contributed by atoms with Crippen LogP contribution in [0.4, 0.5) is 11.4 Å². The van der Waals surface area contributed by atoms with E-state index in [9.17, 15) is 9.59 Å². The molecular formula is C18H21N3O4. The number of hydrogen-bond acceptors (Lipinski definition) is 5. The molecule has 0 radical (unpaired) electrons. The lowest BCUT2D eigenvalue weighted by Gasteiger charge is -2.14. The zero-order valence-corrected chi connectivity index (χ0v) is 14.2. The fourth-order valence-corrected chi connectivity index (χ4v) is 2.16. The smallest absolute Gasteiger partial charge is 0.335 e. The highest BCUT2D eigenvalue weighted by atomic mass is 16.5. The summed E-state index contributed by atoms with van der Waals surface area (Å²) in [6, 6.07) is 11.3. The van der Waals surface area contributed by atoms with Crippen molar-refractivity contribution in [1.82, 2.24) is 4.90 Å². The van der Waals surface area contributed by atoms with Crippen LogP contribution in [0.3, 0.4) is 0 Å². The van der Waals surface area contributed by atoms with E-state index in [1.165, 1.54) is 18.2 Å². The van der Waals surface area contributed by atoms with Crippen LogP contribution in [-0.2, 0) is 0 Å². The standard InChI is InChI=1S/C18H21N3O4/c1-21(2)8-9-25-14-5-3-4-13(11-14)20-16-10-12(18(23)24)6-7-15(16)17(19)22/h3-7,10-11,20H,8-9H2,1-2H3,(H2,19,22)(H,23,24). The van der Waals surface area contributed by atoms with Gasteiger partial charge in [0.15, 0.2) is 0 Å². The maximum absolute atomic E-state index is 11.6. The van der Waals surface area contributed by atoms with Gasteiger partial charge in [0.1, 0.15) is 12.4 Å². The summed E-state index contributed by atoms with van der Waals surface area (Å²) in [6.45, 7) is 1.32. The number of primary amides is 1. The Labute approximate surface area is 146 Å². The zero-order chi connectivity index (χ0) is 18.4. The van der Waals surface area contributed by atoms with Gasteiger partial charge in [0.05, 0.1) is 16.8 Å². The molecule has 25 heavy (non-hydrogen) atoms. The molecule has 0 saturated carbocycles. The molecule has 0 aliphatic carbocycles. The van der Waals surface area contributed by atoms with Crippen molar-refractivity contribution in [2.75, 3.05) is 32.6 Å². The van der Waals surface area contributed by atoms with Crippen molar-refractivity contribution < 1.29 is 19.4 Å². The number of carbonyl (C=O) groups excluding carboxylic acids is 1. The first kappa shape index (κ1) is 18.3. The monoisotopic (exact) mass is 343 g/mol. The molecule has 7 nitrogen and oxygen atoms in total. The van der Waals surface area contributed by atoms with E-state index in [2.05, 4.69) is 5.32 Å². The van der Waals surface area contributed by atoms with E-state index >= 15 is 0 Å². The molecule has 2 rings (SSSR count). The SMILES string of the molecule is CN(C)CCOc1cccc(Nc2cc(C(=O)O)ccc2C(N)=O)c1. The van der Waals surface area contributed by atoms with Crippen LogP contribution in [0.1, 0.15) is 20.7 Å². The lowest BCUT2D eigenvalue weighted by atomic mass is 10.1. The predicted octanol–water partition coefficient (Wildman–Crippen LogP) is 2.17. The van der Waals surface area contributed by atoms with Crippen LogP contribution < -0.4 is 15.8 Å². The Balaban J connectivity index is 2.22. The number of benzene rings is 2. The largest absolute Gasteiger partial charge is 0.492 e. The fourth-order valence-electron chi connectivity index (χ4n) is 2.16. The van der Waals surface area contributed by atoms with E-state index in [4.69, 9.17) is 15.6 Å².